The molecule has 0 unspecified atom stereocenters. The zero-order chi connectivity index (χ0) is 19.1. The van der Waals surface area contributed by atoms with E-state index in [2.05, 4.69) is 10.3 Å². The predicted octanol–water partition coefficient (Wildman–Crippen LogP) is 3.33. The number of halogens is 1. The van der Waals surface area contributed by atoms with Crippen LogP contribution in [0.4, 0.5) is 0 Å². The van der Waals surface area contributed by atoms with Crippen LogP contribution in [0.3, 0.4) is 0 Å². The molecular formula is C20H33IN4O2S. The topological polar surface area (TPSA) is 87.8 Å². The number of hydrogen-bond acceptors (Lipinski definition) is 3. The van der Waals surface area contributed by atoms with E-state index in [0.717, 1.165) is 12.8 Å². The van der Waals surface area contributed by atoms with E-state index in [1.54, 1.807) is 28.6 Å². The maximum absolute atomic E-state index is 12.7. The number of aliphatic imine (C=N–C) groups is 1. The molecule has 1 aliphatic heterocycles. The Bertz CT molecular complexity index is 711. The summed E-state index contributed by atoms with van der Waals surface area (Å²) in [5, 5.41) is 3.37. The van der Waals surface area contributed by atoms with E-state index in [4.69, 9.17) is 5.73 Å². The first-order valence-corrected chi connectivity index (χ1v) is 11.6. The molecule has 1 saturated heterocycles. The van der Waals surface area contributed by atoms with Crippen molar-refractivity contribution in [1.82, 2.24) is 9.62 Å². The molecule has 6 nitrogen and oxygen atoms in total. The number of piperidine rings is 1. The van der Waals surface area contributed by atoms with Crippen LogP contribution in [-0.4, -0.2) is 44.4 Å². The number of benzene rings is 1. The van der Waals surface area contributed by atoms with Crippen LogP contribution in [0.2, 0.25) is 0 Å². The Labute approximate surface area is 186 Å². The van der Waals surface area contributed by atoms with E-state index >= 15 is 0 Å². The molecule has 28 heavy (non-hydrogen) atoms. The van der Waals surface area contributed by atoms with Gasteiger partial charge in [0.2, 0.25) is 10.0 Å². The van der Waals surface area contributed by atoms with Crippen molar-refractivity contribution in [3.63, 3.8) is 0 Å². The van der Waals surface area contributed by atoms with Crippen molar-refractivity contribution in [3.8, 4) is 0 Å². The van der Waals surface area contributed by atoms with Crippen molar-refractivity contribution in [2.75, 3.05) is 19.6 Å². The fraction of sp³-hybridized carbons (Fsp3) is 0.650. The minimum atomic E-state index is -3.38. The summed E-state index contributed by atoms with van der Waals surface area (Å²) < 4.78 is 26.9. The zero-order valence-electron chi connectivity index (χ0n) is 16.4. The average Bonchev–Trinajstić information content (AvgIpc) is 2.96. The molecule has 1 heterocycles. The maximum atomic E-state index is 12.7. The normalized spacial score (nSPS) is 20.9. The van der Waals surface area contributed by atoms with Gasteiger partial charge in [-0.25, -0.2) is 8.42 Å². The monoisotopic (exact) mass is 520 g/mol. The molecule has 0 radical (unpaired) electrons. The second-order valence-electron chi connectivity index (χ2n) is 7.72. The lowest BCUT2D eigenvalue weighted by Crippen LogP contribution is -2.41. The van der Waals surface area contributed by atoms with Gasteiger partial charge in [-0.2, -0.15) is 4.31 Å². The van der Waals surface area contributed by atoms with Crippen molar-refractivity contribution in [3.05, 3.63) is 30.3 Å². The summed E-state index contributed by atoms with van der Waals surface area (Å²) in [5.74, 6) is 0.933. The van der Waals surface area contributed by atoms with Crippen LogP contribution < -0.4 is 11.1 Å². The lowest BCUT2D eigenvalue weighted by molar-refractivity contribution is 0.278. The van der Waals surface area contributed by atoms with Crippen LogP contribution in [0.5, 0.6) is 0 Å². The molecule has 3 N–H and O–H groups in total. The van der Waals surface area contributed by atoms with Crippen molar-refractivity contribution >= 4 is 40.0 Å². The Morgan fingerprint density at radius 2 is 1.64 bits per heavy atom. The molecule has 158 valence electrons. The van der Waals surface area contributed by atoms with E-state index in [1.807, 2.05) is 6.07 Å². The minimum Gasteiger partial charge on any atom is -0.370 e. The summed E-state index contributed by atoms with van der Waals surface area (Å²) in [5.41, 5.74) is 6.08. The summed E-state index contributed by atoms with van der Waals surface area (Å²) in [4.78, 5) is 4.91. The minimum absolute atomic E-state index is 0. The highest BCUT2D eigenvalue weighted by molar-refractivity contribution is 14.0. The molecule has 3 rings (SSSR count). The fourth-order valence-electron chi connectivity index (χ4n) is 3.98. The molecule has 1 saturated carbocycles. The highest BCUT2D eigenvalue weighted by atomic mass is 127. The van der Waals surface area contributed by atoms with Gasteiger partial charge < -0.3 is 11.1 Å². The predicted molar refractivity (Wildman–Crippen MR) is 124 cm³/mol. The van der Waals surface area contributed by atoms with E-state index in [9.17, 15) is 8.42 Å². The number of guanidine groups is 1. The highest BCUT2D eigenvalue weighted by Crippen LogP contribution is 2.24. The summed E-state index contributed by atoms with van der Waals surface area (Å²) in [7, 11) is -3.38. The number of sulfonamides is 1. The molecule has 0 atom stereocenters. The number of nitrogens with two attached hydrogens (primary N) is 1. The SMILES string of the molecule is I.NC(=NCC1CCN(S(=O)(=O)c2ccccc2)CC1)NC1CCCCCC1. The number of hydrogen-bond donors (Lipinski definition) is 2. The van der Waals surface area contributed by atoms with E-state index in [1.165, 1.54) is 38.5 Å². The third-order valence-electron chi connectivity index (χ3n) is 5.68. The van der Waals surface area contributed by atoms with E-state index in [-0.39, 0.29) is 24.0 Å². The van der Waals surface area contributed by atoms with Crippen molar-refractivity contribution in [1.29, 1.82) is 0 Å². The highest BCUT2D eigenvalue weighted by Gasteiger charge is 2.29. The Morgan fingerprint density at radius 3 is 2.25 bits per heavy atom. The molecule has 1 aromatic carbocycles. The third kappa shape index (κ3) is 6.59. The van der Waals surface area contributed by atoms with E-state index < -0.39 is 10.0 Å². The Kier molecular flexibility index (Phi) is 9.49. The first-order chi connectivity index (χ1) is 13.1. The third-order valence-corrected chi connectivity index (χ3v) is 7.59. The van der Waals surface area contributed by atoms with Gasteiger partial charge in [-0.3, -0.25) is 4.99 Å². The lowest BCUT2D eigenvalue weighted by Gasteiger charge is -2.30. The zero-order valence-corrected chi connectivity index (χ0v) is 19.6. The van der Waals surface area contributed by atoms with Gasteiger partial charge in [0.25, 0.3) is 0 Å². The van der Waals surface area contributed by atoms with Gasteiger partial charge in [-0.15, -0.1) is 24.0 Å². The molecule has 2 aliphatic rings. The smallest absolute Gasteiger partial charge is 0.243 e. The fourth-order valence-corrected chi connectivity index (χ4v) is 5.47. The molecule has 0 spiro atoms. The van der Waals surface area contributed by atoms with Gasteiger partial charge in [0.1, 0.15) is 0 Å². The molecule has 8 heteroatoms. The molecule has 2 fully saturated rings. The molecule has 1 aromatic rings. The maximum Gasteiger partial charge on any atom is 0.243 e. The van der Waals surface area contributed by atoms with Gasteiger partial charge in [-0.1, -0.05) is 43.9 Å². The summed E-state index contributed by atoms with van der Waals surface area (Å²) in [6.07, 6.45) is 9.16. The average molecular weight is 520 g/mol. The summed E-state index contributed by atoms with van der Waals surface area (Å²) >= 11 is 0. The quantitative estimate of drug-likeness (QED) is 0.270. The molecule has 1 aliphatic carbocycles. The summed E-state index contributed by atoms with van der Waals surface area (Å²) in [6, 6.07) is 9.12. The van der Waals surface area contributed by atoms with Crippen molar-refractivity contribution < 1.29 is 8.42 Å². The van der Waals surface area contributed by atoms with Crippen LogP contribution in [0.1, 0.15) is 51.4 Å². The van der Waals surface area contributed by atoms with Crippen LogP contribution in [-0.2, 0) is 10.0 Å². The van der Waals surface area contributed by atoms with Gasteiger partial charge >= 0.3 is 0 Å². The Balaban J connectivity index is 0.00000280. The van der Waals surface area contributed by atoms with Gasteiger partial charge in [-0.05, 0) is 43.7 Å². The molecule has 0 aromatic heterocycles. The molecule has 0 amide bonds. The number of nitrogens with zero attached hydrogens (tertiary/aromatic N) is 2. The van der Waals surface area contributed by atoms with Gasteiger partial charge in [0, 0.05) is 25.7 Å². The van der Waals surface area contributed by atoms with Crippen LogP contribution in [0.25, 0.3) is 0 Å². The Hall–Kier alpha value is -0.870. The first-order valence-electron chi connectivity index (χ1n) is 10.2. The number of rotatable bonds is 5. The van der Waals surface area contributed by atoms with Gasteiger partial charge in [0.05, 0.1) is 4.90 Å². The number of nitrogens with one attached hydrogen (secondary N) is 1. The second-order valence-corrected chi connectivity index (χ2v) is 9.66. The molecule has 0 bridgehead atoms. The van der Waals surface area contributed by atoms with Crippen molar-refractivity contribution in [2.24, 2.45) is 16.6 Å². The summed E-state index contributed by atoms with van der Waals surface area (Å²) in [6.45, 7) is 1.77. The molecular weight excluding hydrogens is 487 g/mol. The van der Waals surface area contributed by atoms with Crippen LogP contribution in [0, 0.1) is 5.92 Å². The lowest BCUT2D eigenvalue weighted by atomic mass is 9.98. The van der Waals surface area contributed by atoms with Gasteiger partial charge in [0.15, 0.2) is 5.96 Å². The van der Waals surface area contributed by atoms with Crippen LogP contribution >= 0.6 is 24.0 Å². The van der Waals surface area contributed by atoms with Crippen LogP contribution in [0.15, 0.2) is 40.2 Å². The Morgan fingerprint density at radius 1 is 1.04 bits per heavy atom. The van der Waals surface area contributed by atoms with Crippen molar-refractivity contribution in [2.45, 2.75) is 62.3 Å². The standard InChI is InChI=1S/C20H32N4O2S.HI/c21-20(23-18-8-4-1-2-5-9-18)22-16-17-12-14-24(15-13-17)27(25,26)19-10-6-3-7-11-19;/h3,6-7,10-11,17-18H,1-2,4-5,8-9,12-16H2,(H3,21,22,23);1H. The first kappa shape index (κ1) is 23.4. The van der Waals surface area contributed by atoms with E-state index in [0.29, 0.717) is 42.4 Å². The second kappa shape index (κ2) is 11.3. The largest absolute Gasteiger partial charge is 0.370 e.